The van der Waals surface area contributed by atoms with Crippen molar-refractivity contribution >= 4 is 49.3 Å². The van der Waals surface area contributed by atoms with Crippen LogP contribution in [0.3, 0.4) is 0 Å². The molecule has 0 radical (unpaired) electrons. The van der Waals surface area contributed by atoms with Gasteiger partial charge in [0.25, 0.3) is 5.76 Å². The first kappa shape index (κ1) is 65.5. The number of carboxylic acid groups (broad SMARTS) is 1. The molecule has 0 aromatic heterocycles. The second kappa shape index (κ2) is 38.1. The number of nitrogens with two attached hydrogens (primary N) is 4. The van der Waals surface area contributed by atoms with Gasteiger partial charge in [0, 0.05) is 19.6 Å². The number of esters is 2. The lowest BCUT2D eigenvalue weighted by Crippen LogP contribution is -2.55. The zero-order valence-electron chi connectivity index (χ0n) is 43.9. The molecule has 1 rings (SSSR count). The van der Waals surface area contributed by atoms with E-state index in [0.717, 1.165) is 19.3 Å². The molecule has 3 amide bonds. The fourth-order valence-electron chi connectivity index (χ4n) is 7.75. The summed E-state index contributed by atoms with van der Waals surface area (Å²) in [6.45, 7) is 2.95. The normalized spacial score (nSPS) is 15.4. The van der Waals surface area contributed by atoms with E-state index in [-0.39, 0.29) is 51.4 Å². The number of carbonyl (C=O) groups excluding carboxylic acids is 5. The van der Waals surface area contributed by atoms with Gasteiger partial charge >= 0.3 is 25.6 Å². The Morgan fingerprint density at radius 3 is 1.69 bits per heavy atom. The molecule has 24 heteroatoms. The fraction of sp³-hybridized carbons (Fsp3) is 0.812. The zero-order valence-corrected chi connectivity index (χ0v) is 44.8. The number of unbranched alkanes of at least 4 members (excludes halogenated alkanes) is 15. The molecule has 5 atom stereocenters. The van der Waals surface area contributed by atoms with Gasteiger partial charge in [0.15, 0.2) is 17.8 Å². The number of nitrogens with one attached hydrogen (secondary N) is 3. The van der Waals surface area contributed by atoms with Gasteiger partial charge in [-0.1, -0.05) is 90.4 Å². The average Bonchev–Trinajstić information content (AvgIpc) is 3.60. The van der Waals surface area contributed by atoms with Crippen molar-refractivity contribution in [2.24, 2.45) is 27.9 Å². The number of hydrogen-bond acceptors (Lipinski definition) is 15. The molecule has 0 aromatic carbocycles. The van der Waals surface area contributed by atoms with Crippen LogP contribution in [0, 0.1) is 0 Å². The van der Waals surface area contributed by atoms with Crippen LogP contribution in [0.5, 0.6) is 0 Å². The van der Waals surface area contributed by atoms with Gasteiger partial charge in [-0.2, -0.15) is 0 Å². The van der Waals surface area contributed by atoms with Crippen LogP contribution in [0.4, 0.5) is 0 Å². The van der Waals surface area contributed by atoms with E-state index >= 15 is 0 Å². The van der Waals surface area contributed by atoms with Gasteiger partial charge in [0.2, 0.25) is 23.8 Å². The van der Waals surface area contributed by atoms with Crippen LogP contribution < -0.4 is 38.9 Å². The lowest BCUT2D eigenvalue weighted by atomic mass is 10.0. The van der Waals surface area contributed by atoms with E-state index in [4.69, 9.17) is 41.7 Å². The predicted octanol–water partition coefficient (Wildman–Crippen LogP) is 3.97. The highest BCUT2D eigenvalue weighted by Crippen LogP contribution is 2.53. The van der Waals surface area contributed by atoms with Crippen molar-refractivity contribution in [2.45, 2.75) is 191 Å². The Hall–Kier alpha value is -4.54. The SMILES string of the molecule is CCCCCCCCCCCCCCCCOCC(OC(=O)CCC(=O)NC(CCCCN)C(=O)NC(CCCN=C(N)N)C(=O)NC(CCCCN)C(=O)O)C1OC(=O)C(OP(=O)(N(C)C)N(C)C)=C1O. The van der Waals surface area contributed by atoms with Gasteiger partial charge in [-0.15, -0.1) is 0 Å². The molecule has 0 bridgehead atoms. The first-order chi connectivity index (χ1) is 34.3. The Labute approximate surface area is 427 Å². The van der Waals surface area contributed by atoms with Gasteiger partial charge in [-0.25, -0.2) is 23.5 Å². The number of nitrogens with zero attached hydrogens (tertiary/aromatic N) is 3. The van der Waals surface area contributed by atoms with Gasteiger partial charge in [-0.05, 0) is 99.1 Å². The maximum absolute atomic E-state index is 13.8. The monoisotopic (exact) mass is 1050 g/mol. The number of carbonyl (C=O) groups is 6. The first-order valence-electron chi connectivity index (χ1n) is 26.0. The van der Waals surface area contributed by atoms with E-state index in [0.29, 0.717) is 45.2 Å². The highest BCUT2D eigenvalue weighted by Gasteiger charge is 2.47. The minimum Gasteiger partial charge on any atom is -0.505 e. The molecule has 0 aliphatic carbocycles. The lowest BCUT2D eigenvalue weighted by Gasteiger charge is -2.29. The molecule has 1 aliphatic rings. The Kier molecular flexibility index (Phi) is 34.6. The van der Waals surface area contributed by atoms with Gasteiger partial charge in [0.05, 0.1) is 13.0 Å². The molecular formula is C48H91N10O13P. The summed E-state index contributed by atoms with van der Waals surface area (Å²) in [4.78, 5) is 83.0. The van der Waals surface area contributed by atoms with E-state index in [1.807, 2.05) is 0 Å². The Morgan fingerprint density at radius 1 is 0.708 bits per heavy atom. The molecule has 0 aromatic rings. The zero-order chi connectivity index (χ0) is 53.9. The van der Waals surface area contributed by atoms with Crippen molar-refractivity contribution in [1.82, 2.24) is 25.3 Å². The quantitative estimate of drug-likeness (QED) is 0.0137. The fourth-order valence-corrected chi connectivity index (χ4v) is 9.20. The van der Waals surface area contributed by atoms with Gasteiger partial charge in [0.1, 0.15) is 18.1 Å². The van der Waals surface area contributed by atoms with E-state index in [1.165, 1.54) is 102 Å². The molecule has 0 spiro atoms. The van der Waals surface area contributed by atoms with Crippen LogP contribution in [-0.4, -0.2) is 153 Å². The topological polar surface area (TPSA) is 356 Å². The van der Waals surface area contributed by atoms with Crippen molar-refractivity contribution < 1.29 is 62.3 Å². The summed E-state index contributed by atoms with van der Waals surface area (Å²) < 4.78 is 38.6. The number of guanidine groups is 1. The third-order valence-corrected chi connectivity index (χ3v) is 14.4. The van der Waals surface area contributed by atoms with Crippen molar-refractivity contribution in [1.29, 1.82) is 0 Å². The first-order valence-corrected chi connectivity index (χ1v) is 27.5. The van der Waals surface area contributed by atoms with E-state index in [2.05, 4.69) is 27.9 Å². The second-order valence-corrected chi connectivity index (χ2v) is 21.4. The lowest BCUT2D eigenvalue weighted by molar-refractivity contribution is -0.167. The second-order valence-electron chi connectivity index (χ2n) is 18.6. The summed E-state index contributed by atoms with van der Waals surface area (Å²) in [6, 6.07) is -3.68. The molecule has 0 fully saturated rings. The third-order valence-electron chi connectivity index (χ3n) is 12.0. The number of aliphatic hydroxyl groups excluding tert-OH is 1. The van der Waals surface area contributed by atoms with Crippen LogP contribution in [0.2, 0.25) is 0 Å². The van der Waals surface area contributed by atoms with E-state index in [1.54, 1.807) is 0 Å². The molecule has 416 valence electrons. The summed E-state index contributed by atoms with van der Waals surface area (Å²) >= 11 is 0. The Morgan fingerprint density at radius 2 is 1.19 bits per heavy atom. The number of aliphatic imine (C=N–C) groups is 1. The predicted molar refractivity (Wildman–Crippen MR) is 275 cm³/mol. The number of hydrogen-bond donors (Lipinski definition) is 9. The minimum atomic E-state index is -3.84. The average molecular weight is 1050 g/mol. The van der Waals surface area contributed by atoms with Crippen molar-refractivity contribution in [3.05, 3.63) is 11.5 Å². The summed E-state index contributed by atoms with van der Waals surface area (Å²) in [5, 5.41) is 28.7. The van der Waals surface area contributed by atoms with Crippen LogP contribution in [0.1, 0.15) is 161 Å². The number of rotatable bonds is 44. The molecule has 0 saturated carbocycles. The smallest absolute Gasteiger partial charge is 0.395 e. The molecule has 0 saturated heterocycles. The van der Waals surface area contributed by atoms with Gasteiger partial charge in [-0.3, -0.25) is 24.2 Å². The molecule has 1 aliphatic heterocycles. The van der Waals surface area contributed by atoms with Crippen molar-refractivity contribution in [3.63, 3.8) is 0 Å². The molecule has 5 unspecified atom stereocenters. The highest BCUT2D eigenvalue weighted by atomic mass is 31.2. The Balaban J connectivity index is 3.08. The van der Waals surface area contributed by atoms with E-state index in [9.17, 15) is 43.5 Å². The van der Waals surface area contributed by atoms with Gasteiger partial charge < -0.3 is 67.8 Å². The van der Waals surface area contributed by atoms with Crippen molar-refractivity contribution in [2.75, 3.05) is 61.0 Å². The number of amides is 3. The molecular weight excluding hydrogens is 956 g/mol. The number of aliphatic carboxylic acids is 1. The third kappa shape index (κ3) is 27.0. The van der Waals surface area contributed by atoms with Crippen LogP contribution in [0.15, 0.2) is 16.5 Å². The molecule has 13 N–H and O–H groups in total. The summed E-state index contributed by atoms with van der Waals surface area (Å²) in [6.07, 6.45) is 14.9. The maximum atomic E-state index is 13.8. The standard InChI is InChI=1S/C48H91N10O13P/c1-6-7-8-9-10-11-12-13-14-15-16-17-18-23-33-68-34-38(42-41(61)43(47(66)70-42)71-72(67,57(2)3)58(4)5)69-40(60)29-28-39(59)54-35(25-19-21-30-49)44(62)55-36(27-24-32-53-48(51)52)45(63)56-37(46(64)65)26-20-22-31-50/h35-38,42,61H,6-34,49-50H2,1-5H3,(H,54,59)(H,55,62)(H,56,63)(H,64,65)(H4,51,52,53). The van der Waals surface area contributed by atoms with Crippen LogP contribution in [-0.2, 0) is 52.1 Å². The number of ether oxygens (including phenoxy) is 3. The number of carboxylic acids is 1. The van der Waals surface area contributed by atoms with Crippen LogP contribution in [0.25, 0.3) is 0 Å². The molecule has 72 heavy (non-hydrogen) atoms. The number of aliphatic hydroxyl groups is 1. The van der Waals surface area contributed by atoms with Crippen molar-refractivity contribution in [3.8, 4) is 0 Å². The summed E-state index contributed by atoms with van der Waals surface area (Å²) in [5.74, 6) is -7.19. The summed E-state index contributed by atoms with van der Waals surface area (Å²) in [7, 11) is 2.04. The van der Waals surface area contributed by atoms with E-state index < -0.39 is 98.0 Å². The Bertz CT molecular complexity index is 1720. The highest BCUT2D eigenvalue weighted by molar-refractivity contribution is 7.54. The minimum absolute atomic E-state index is 0.0163. The molecule has 1 heterocycles. The maximum Gasteiger partial charge on any atom is 0.395 e. The largest absolute Gasteiger partial charge is 0.505 e. The number of cyclic esters (lactones) is 1. The molecule has 23 nitrogen and oxygen atoms in total. The van der Waals surface area contributed by atoms with Crippen LogP contribution >= 0.6 is 7.67 Å². The summed E-state index contributed by atoms with van der Waals surface area (Å²) in [5.41, 5.74) is 22.1.